The monoisotopic (exact) mass is 347 g/mol. The Morgan fingerprint density at radius 3 is 1.88 bits per heavy atom. The normalized spacial score (nSPS) is 11.8. The van der Waals surface area contributed by atoms with Crippen LogP contribution in [0.4, 0.5) is 0 Å². The molecule has 0 heterocycles. The summed E-state index contributed by atoms with van der Waals surface area (Å²) in [5, 5.41) is 0. The third-order valence-corrected chi connectivity index (χ3v) is 4.61. The highest BCUT2D eigenvalue weighted by Crippen LogP contribution is 2.30. The highest BCUT2D eigenvalue weighted by atomic mass is 14.5. The SMILES string of the molecule is CC(C)(C)c1cc(C#Cc2cccc(CCCN)c2)cc(C(C)(C)C)c1. The first-order valence-electron chi connectivity index (χ1n) is 9.57. The summed E-state index contributed by atoms with van der Waals surface area (Å²) < 4.78 is 0. The highest BCUT2D eigenvalue weighted by molar-refractivity contribution is 5.48. The molecule has 2 aromatic rings. The van der Waals surface area contributed by atoms with Crippen molar-refractivity contribution in [3.05, 3.63) is 70.3 Å². The van der Waals surface area contributed by atoms with Crippen molar-refractivity contribution in [1.29, 1.82) is 0 Å². The zero-order chi connectivity index (χ0) is 19.4. The van der Waals surface area contributed by atoms with E-state index >= 15 is 0 Å². The summed E-state index contributed by atoms with van der Waals surface area (Å²) in [6.45, 7) is 14.3. The summed E-state index contributed by atoms with van der Waals surface area (Å²) >= 11 is 0. The van der Waals surface area contributed by atoms with Crippen LogP contribution in [-0.4, -0.2) is 6.54 Å². The lowest BCUT2D eigenvalue weighted by atomic mass is 9.79. The topological polar surface area (TPSA) is 26.0 Å². The first kappa shape index (κ1) is 20.3. The van der Waals surface area contributed by atoms with E-state index in [-0.39, 0.29) is 10.8 Å². The van der Waals surface area contributed by atoms with Gasteiger partial charge in [-0.15, -0.1) is 0 Å². The molecule has 1 nitrogen and oxygen atoms in total. The summed E-state index contributed by atoms with van der Waals surface area (Å²) in [6, 6.07) is 15.3. The summed E-state index contributed by atoms with van der Waals surface area (Å²) in [7, 11) is 0. The van der Waals surface area contributed by atoms with Gasteiger partial charge in [0.2, 0.25) is 0 Å². The lowest BCUT2D eigenvalue weighted by molar-refractivity contribution is 0.568. The minimum absolute atomic E-state index is 0.111. The molecule has 0 bridgehead atoms. The quantitative estimate of drug-likeness (QED) is 0.721. The van der Waals surface area contributed by atoms with E-state index in [0.717, 1.165) is 30.5 Å². The summed E-state index contributed by atoms with van der Waals surface area (Å²) in [5.41, 5.74) is 12.0. The van der Waals surface area contributed by atoms with Crippen molar-refractivity contribution < 1.29 is 0 Å². The van der Waals surface area contributed by atoms with Crippen LogP contribution in [0, 0.1) is 11.8 Å². The van der Waals surface area contributed by atoms with Gasteiger partial charge in [-0.05, 0) is 71.2 Å². The van der Waals surface area contributed by atoms with Crippen LogP contribution in [0.3, 0.4) is 0 Å². The fourth-order valence-electron chi connectivity index (χ4n) is 2.82. The predicted molar refractivity (Wildman–Crippen MR) is 114 cm³/mol. The maximum Gasteiger partial charge on any atom is 0.0254 e. The number of rotatable bonds is 3. The Labute approximate surface area is 160 Å². The van der Waals surface area contributed by atoms with Gasteiger partial charge in [0, 0.05) is 11.1 Å². The molecular weight excluding hydrogens is 314 g/mol. The van der Waals surface area contributed by atoms with Crippen molar-refractivity contribution in [1.82, 2.24) is 0 Å². The second-order valence-electron chi connectivity index (χ2n) is 9.14. The molecule has 0 radical (unpaired) electrons. The first-order valence-corrected chi connectivity index (χ1v) is 9.57. The Hall–Kier alpha value is -2.04. The maximum absolute atomic E-state index is 5.62. The van der Waals surface area contributed by atoms with E-state index in [2.05, 4.69) is 95.8 Å². The number of hydrogen-bond acceptors (Lipinski definition) is 1. The molecule has 0 aliphatic carbocycles. The molecule has 2 N–H and O–H groups in total. The molecule has 0 unspecified atom stereocenters. The van der Waals surface area contributed by atoms with Crippen LogP contribution in [0.1, 0.15) is 75.8 Å². The van der Waals surface area contributed by atoms with Gasteiger partial charge in [-0.1, -0.05) is 71.6 Å². The molecule has 2 rings (SSSR count). The molecule has 2 aromatic carbocycles. The molecule has 0 spiro atoms. The minimum atomic E-state index is 0.111. The average Bonchev–Trinajstić information content (AvgIpc) is 2.57. The Morgan fingerprint density at radius 1 is 0.769 bits per heavy atom. The Bertz CT molecular complexity index is 772. The third kappa shape index (κ3) is 5.75. The summed E-state index contributed by atoms with van der Waals surface area (Å²) in [6.07, 6.45) is 2.03. The second kappa shape index (κ2) is 8.11. The number of aryl methyl sites for hydroxylation is 1. The second-order valence-corrected chi connectivity index (χ2v) is 9.14. The van der Waals surface area contributed by atoms with E-state index in [1.807, 2.05) is 0 Å². The summed E-state index contributed by atoms with van der Waals surface area (Å²) in [5.74, 6) is 6.75. The number of hydrogen-bond donors (Lipinski definition) is 1. The lowest BCUT2D eigenvalue weighted by Crippen LogP contribution is -2.16. The smallest absolute Gasteiger partial charge is 0.0254 e. The van der Waals surface area contributed by atoms with E-state index in [4.69, 9.17) is 5.73 Å². The van der Waals surface area contributed by atoms with Gasteiger partial charge >= 0.3 is 0 Å². The maximum atomic E-state index is 5.62. The highest BCUT2D eigenvalue weighted by Gasteiger charge is 2.20. The predicted octanol–water partition coefficient (Wildman–Crippen LogP) is 5.57. The van der Waals surface area contributed by atoms with E-state index in [9.17, 15) is 0 Å². The molecule has 0 aliphatic heterocycles. The van der Waals surface area contributed by atoms with Gasteiger partial charge in [0.05, 0.1) is 0 Å². The number of benzene rings is 2. The van der Waals surface area contributed by atoms with Crippen molar-refractivity contribution in [3.8, 4) is 11.8 Å². The van der Waals surface area contributed by atoms with Crippen LogP contribution in [0.2, 0.25) is 0 Å². The van der Waals surface area contributed by atoms with Crippen LogP contribution >= 0.6 is 0 Å². The van der Waals surface area contributed by atoms with Crippen LogP contribution in [0.15, 0.2) is 42.5 Å². The van der Waals surface area contributed by atoms with E-state index in [1.54, 1.807) is 0 Å². The zero-order valence-corrected chi connectivity index (χ0v) is 17.2. The minimum Gasteiger partial charge on any atom is -0.330 e. The van der Waals surface area contributed by atoms with Crippen LogP contribution in [0.25, 0.3) is 0 Å². The Balaban J connectivity index is 2.40. The standard InChI is InChI=1S/C25H33N/c1-24(2,3)22-16-21(17-23(18-22)25(4,5)6)13-12-20-10-7-9-19(15-20)11-8-14-26/h7,9-10,15-18H,8,11,14,26H2,1-6H3. The zero-order valence-electron chi connectivity index (χ0n) is 17.2. The van der Waals surface area contributed by atoms with Gasteiger partial charge < -0.3 is 5.73 Å². The van der Waals surface area contributed by atoms with E-state index in [1.165, 1.54) is 16.7 Å². The fourth-order valence-corrected chi connectivity index (χ4v) is 2.82. The lowest BCUT2D eigenvalue weighted by Gasteiger charge is -2.25. The van der Waals surface area contributed by atoms with E-state index < -0.39 is 0 Å². The molecule has 0 aromatic heterocycles. The third-order valence-electron chi connectivity index (χ3n) is 4.61. The van der Waals surface area contributed by atoms with Crippen molar-refractivity contribution in [2.45, 2.75) is 65.2 Å². The van der Waals surface area contributed by atoms with Crippen molar-refractivity contribution in [2.75, 3.05) is 6.54 Å². The van der Waals surface area contributed by atoms with Gasteiger partial charge in [-0.25, -0.2) is 0 Å². The molecule has 0 saturated heterocycles. The Kier molecular flexibility index (Phi) is 6.32. The van der Waals surface area contributed by atoms with Gasteiger partial charge in [-0.2, -0.15) is 0 Å². The molecule has 0 saturated carbocycles. The molecule has 26 heavy (non-hydrogen) atoms. The molecular formula is C25H33N. The van der Waals surface area contributed by atoms with Crippen molar-refractivity contribution in [2.24, 2.45) is 5.73 Å². The van der Waals surface area contributed by atoms with Gasteiger partial charge in [-0.3, -0.25) is 0 Å². The van der Waals surface area contributed by atoms with Gasteiger partial charge in [0.25, 0.3) is 0 Å². The molecule has 0 amide bonds. The van der Waals surface area contributed by atoms with Crippen LogP contribution in [0.5, 0.6) is 0 Å². The molecule has 0 fully saturated rings. The van der Waals surface area contributed by atoms with Gasteiger partial charge in [0.1, 0.15) is 0 Å². The van der Waals surface area contributed by atoms with Crippen LogP contribution in [-0.2, 0) is 17.3 Å². The largest absolute Gasteiger partial charge is 0.330 e. The molecule has 138 valence electrons. The average molecular weight is 348 g/mol. The first-order chi connectivity index (χ1) is 12.1. The molecule has 0 aliphatic rings. The fraction of sp³-hybridized carbons (Fsp3) is 0.440. The van der Waals surface area contributed by atoms with Crippen molar-refractivity contribution in [3.63, 3.8) is 0 Å². The van der Waals surface area contributed by atoms with Crippen LogP contribution < -0.4 is 5.73 Å². The Morgan fingerprint density at radius 2 is 1.35 bits per heavy atom. The van der Waals surface area contributed by atoms with Gasteiger partial charge in [0.15, 0.2) is 0 Å². The molecule has 1 heteroatoms. The molecule has 0 atom stereocenters. The van der Waals surface area contributed by atoms with E-state index in [0.29, 0.717) is 0 Å². The number of nitrogens with two attached hydrogens (primary N) is 1. The summed E-state index contributed by atoms with van der Waals surface area (Å²) in [4.78, 5) is 0. The van der Waals surface area contributed by atoms with Crippen molar-refractivity contribution >= 4 is 0 Å².